The number of carbonyl (C=O) groups is 1. The van der Waals surface area contributed by atoms with Crippen LogP contribution in [0.15, 0.2) is 17.0 Å². The molecule has 118 valence electrons. The van der Waals surface area contributed by atoms with Gasteiger partial charge in [0.25, 0.3) is 5.91 Å². The summed E-state index contributed by atoms with van der Waals surface area (Å²) in [6, 6.07) is 2.40. The van der Waals surface area contributed by atoms with Crippen molar-refractivity contribution in [3.63, 3.8) is 0 Å². The molecule has 0 aliphatic rings. The molecule has 0 saturated carbocycles. The Morgan fingerprint density at radius 2 is 1.86 bits per heavy atom. The summed E-state index contributed by atoms with van der Waals surface area (Å²) in [7, 11) is -3.92. The van der Waals surface area contributed by atoms with Crippen molar-refractivity contribution in [2.75, 3.05) is 0 Å². The van der Waals surface area contributed by atoms with Crippen LogP contribution in [0.1, 0.15) is 43.6 Å². The number of carbonyl (C=O) groups excluding carboxylic acids is 1. The SMILES string of the molecule is Cc1c(Cl)cc(S(N)(=O)=O)cc1C(=O)NC(C)C(C)(C)C. The molecule has 3 N–H and O–H groups in total. The minimum absolute atomic E-state index is 0.0960. The number of amides is 1. The average Bonchev–Trinajstić information content (AvgIpc) is 2.29. The summed E-state index contributed by atoms with van der Waals surface area (Å²) >= 11 is 6.00. The third-order valence-corrected chi connectivity index (χ3v) is 4.82. The number of halogens is 1. The molecular formula is C14H21ClN2O3S. The van der Waals surface area contributed by atoms with Crippen LogP contribution in [0, 0.1) is 12.3 Å². The van der Waals surface area contributed by atoms with E-state index >= 15 is 0 Å². The van der Waals surface area contributed by atoms with Gasteiger partial charge >= 0.3 is 0 Å². The van der Waals surface area contributed by atoms with E-state index in [1.165, 1.54) is 12.1 Å². The van der Waals surface area contributed by atoms with Crippen LogP contribution in [0.2, 0.25) is 5.02 Å². The maximum atomic E-state index is 12.3. The van der Waals surface area contributed by atoms with Crippen molar-refractivity contribution in [1.29, 1.82) is 0 Å². The van der Waals surface area contributed by atoms with Crippen LogP contribution in [-0.4, -0.2) is 20.4 Å². The highest BCUT2D eigenvalue weighted by Gasteiger charge is 2.24. The molecule has 5 nitrogen and oxygen atoms in total. The van der Waals surface area contributed by atoms with E-state index in [-0.39, 0.29) is 32.8 Å². The molecule has 0 saturated heterocycles. The number of sulfonamides is 1. The second-order valence-electron chi connectivity index (χ2n) is 6.18. The minimum Gasteiger partial charge on any atom is -0.349 e. The fourth-order valence-electron chi connectivity index (χ4n) is 1.54. The summed E-state index contributed by atoms with van der Waals surface area (Å²) in [6.07, 6.45) is 0. The van der Waals surface area contributed by atoms with E-state index in [9.17, 15) is 13.2 Å². The first-order chi connectivity index (χ1) is 9.34. The summed E-state index contributed by atoms with van der Waals surface area (Å²) in [5, 5.41) is 8.14. The molecule has 1 aromatic carbocycles. The van der Waals surface area contributed by atoms with Crippen LogP contribution in [0.3, 0.4) is 0 Å². The third kappa shape index (κ3) is 4.43. The van der Waals surface area contributed by atoms with Crippen molar-refractivity contribution < 1.29 is 13.2 Å². The minimum atomic E-state index is -3.92. The zero-order chi connectivity index (χ0) is 16.6. The predicted octanol–water partition coefficient (Wildman–Crippen LogP) is 2.46. The van der Waals surface area contributed by atoms with Crippen molar-refractivity contribution in [2.45, 2.75) is 45.6 Å². The largest absolute Gasteiger partial charge is 0.349 e. The molecule has 0 aliphatic carbocycles. The monoisotopic (exact) mass is 332 g/mol. The maximum absolute atomic E-state index is 12.3. The lowest BCUT2D eigenvalue weighted by Crippen LogP contribution is -2.41. The van der Waals surface area contributed by atoms with Gasteiger partial charge < -0.3 is 5.32 Å². The highest BCUT2D eigenvalue weighted by molar-refractivity contribution is 7.89. The number of nitrogens with two attached hydrogens (primary N) is 1. The zero-order valence-electron chi connectivity index (χ0n) is 12.8. The summed E-state index contributed by atoms with van der Waals surface area (Å²) < 4.78 is 22.9. The van der Waals surface area contributed by atoms with Gasteiger partial charge in [-0.2, -0.15) is 0 Å². The second-order valence-corrected chi connectivity index (χ2v) is 8.15. The Kier molecular flexibility index (Phi) is 5.08. The summed E-state index contributed by atoms with van der Waals surface area (Å²) in [5.41, 5.74) is 0.607. The Labute approximate surface area is 130 Å². The van der Waals surface area contributed by atoms with Crippen molar-refractivity contribution in [2.24, 2.45) is 10.6 Å². The van der Waals surface area contributed by atoms with Crippen molar-refractivity contribution in [3.8, 4) is 0 Å². The zero-order valence-corrected chi connectivity index (χ0v) is 14.4. The molecule has 0 radical (unpaired) electrons. The van der Waals surface area contributed by atoms with Crippen molar-refractivity contribution in [3.05, 3.63) is 28.3 Å². The molecule has 0 bridgehead atoms. The standard InChI is InChI=1S/C14H21ClN2O3S/c1-8-11(13(18)17-9(2)14(3,4)5)6-10(7-12(8)15)21(16,19)20/h6-7,9H,1-5H3,(H,17,18)(H2,16,19,20). The number of primary sulfonamides is 1. The first-order valence-corrected chi connectivity index (χ1v) is 8.40. The normalized spacial score (nSPS) is 13.9. The highest BCUT2D eigenvalue weighted by atomic mass is 35.5. The fourth-order valence-corrected chi connectivity index (χ4v) is 2.39. The summed E-state index contributed by atoms with van der Waals surface area (Å²) in [4.78, 5) is 12.2. The molecule has 1 rings (SSSR count). The first-order valence-electron chi connectivity index (χ1n) is 6.48. The van der Waals surface area contributed by atoms with Gasteiger partial charge in [-0.15, -0.1) is 0 Å². The molecule has 7 heteroatoms. The lowest BCUT2D eigenvalue weighted by atomic mass is 9.88. The molecule has 1 amide bonds. The topological polar surface area (TPSA) is 89.3 Å². The van der Waals surface area contributed by atoms with Crippen LogP contribution in [0.4, 0.5) is 0 Å². The maximum Gasteiger partial charge on any atom is 0.251 e. The van der Waals surface area contributed by atoms with Crippen LogP contribution >= 0.6 is 11.6 Å². The molecule has 1 atom stereocenters. The molecule has 0 heterocycles. The molecule has 1 aromatic rings. The number of rotatable bonds is 3. The Hall–Kier alpha value is -1.11. The molecular weight excluding hydrogens is 312 g/mol. The van der Waals surface area contributed by atoms with Crippen LogP contribution in [-0.2, 0) is 10.0 Å². The van der Waals surface area contributed by atoms with Gasteiger partial charge in [0.2, 0.25) is 10.0 Å². The molecule has 21 heavy (non-hydrogen) atoms. The predicted molar refractivity (Wildman–Crippen MR) is 83.9 cm³/mol. The van der Waals surface area contributed by atoms with Gasteiger partial charge in [0.05, 0.1) is 4.90 Å². The Morgan fingerprint density at radius 1 is 1.33 bits per heavy atom. The van der Waals surface area contributed by atoms with E-state index in [1.807, 2.05) is 27.7 Å². The van der Waals surface area contributed by atoms with Gasteiger partial charge in [-0.25, -0.2) is 13.6 Å². The molecule has 0 aromatic heterocycles. The van der Waals surface area contributed by atoms with Gasteiger partial charge in [-0.1, -0.05) is 32.4 Å². The average molecular weight is 333 g/mol. The van der Waals surface area contributed by atoms with E-state index in [0.717, 1.165) is 0 Å². The molecule has 1 unspecified atom stereocenters. The Morgan fingerprint density at radius 3 is 2.29 bits per heavy atom. The van der Waals surface area contributed by atoms with Gasteiger partial charge in [-0.05, 0) is 37.0 Å². The van der Waals surface area contributed by atoms with Crippen LogP contribution in [0.25, 0.3) is 0 Å². The van der Waals surface area contributed by atoms with Gasteiger partial charge in [0.15, 0.2) is 0 Å². The number of hydrogen-bond acceptors (Lipinski definition) is 3. The van der Waals surface area contributed by atoms with Gasteiger partial charge in [-0.3, -0.25) is 4.79 Å². The van der Waals surface area contributed by atoms with Crippen LogP contribution in [0.5, 0.6) is 0 Å². The van der Waals surface area contributed by atoms with E-state index in [1.54, 1.807) is 6.92 Å². The number of nitrogens with one attached hydrogen (secondary N) is 1. The number of benzene rings is 1. The third-order valence-electron chi connectivity index (χ3n) is 3.54. The smallest absolute Gasteiger partial charge is 0.251 e. The van der Waals surface area contributed by atoms with Crippen LogP contribution < -0.4 is 10.5 Å². The van der Waals surface area contributed by atoms with E-state index in [0.29, 0.717) is 5.56 Å². The van der Waals surface area contributed by atoms with E-state index < -0.39 is 10.0 Å². The Balaban J connectivity index is 3.24. The Bertz CT molecular complexity index is 664. The van der Waals surface area contributed by atoms with E-state index in [2.05, 4.69) is 5.32 Å². The lowest BCUT2D eigenvalue weighted by Gasteiger charge is -2.28. The quantitative estimate of drug-likeness (QED) is 0.891. The number of hydrogen-bond donors (Lipinski definition) is 2. The summed E-state index contributed by atoms with van der Waals surface area (Å²) in [5.74, 6) is -0.373. The first kappa shape index (κ1) is 17.9. The summed E-state index contributed by atoms with van der Waals surface area (Å²) in [6.45, 7) is 9.54. The van der Waals surface area contributed by atoms with Gasteiger partial charge in [0, 0.05) is 16.6 Å². The lowest BCUT2D eigenvalue weighted by molar-refractivity contribution is 0.0909. The van der Waals surface area contributed by atoms with Crippen molar-refractivity contribution in [1.82, 2.24) is 5.32 Å². The highest BCUT2D eigenvalue weighted by Crippen LogP contribution is 2.25. The molecule has 0 spiro atoms. The fraction of sp³-hybridized carbons (Fsp3) is 0.500. The van der Waals surface area contributed by atoms with E-state index in [4.69, 9.17) is 16.7 Å². The van der Waals surface area contributed by atoms with Gasteiger partial charge in [0.1, 0.15) is 0 Å². The second kappa shape index (κ2) is 5.94. The van der Waals surface area contributed by atoms with Crippen molar-refractivity contribution >= 4 is 27.5 Å². The molecule has 0 fully saturated rings. The molecule has 0 aliphatic heterocycles.